The highest BCUT2D eigenvalue weighted by Gasteiger charge is 2.09. The van der Waals surface area contributed by atoms with Gasteiger partial charge in [-0.2, -0.15) is 0 Å². The predicted octanol–water partition coefficient (Wildman–Crippen LogP) is 3.76. The van der Waals surface area contributed by atoms with Crippen LogP contribution in [0.2, 0.25) is 0 Å². The summed E-state index contributed by atoms with van der Waals surface area (Å²) in [6, 6.07) is 9.66. The van der Waals surface area contributed by atoms with E-state index in [9.17, 15) is 0 Å². The Kier molecular flexibility index (Phi) is 6.16. The second-order valence-corrected chi connectivity index (χ2v) is 4.71. The minimum Gasteiger partial charge on any atom is -0.490 e. The van der Waals surface area contributed by atoms with Crippen LogP contribution in [0, 0.1) is 0 Å². The first-order chi connectivity index (χ1) is 10.3. The molecule has 0 atom stereocenters. The Hall–Kier alpha value is -1.94. The minimum absolute atomic E-state index is 0.476. The van der Waals surface area contributed by atoms with Crippen molar-refractivity contribution in [3.8, 4) is 11.5 Å². The van der Waals surface area contributed by atoms with Crippen molar-refractivity contribution in [3.63, 3.8) is 0 Å². The van der Waals surface area contributed by atoms with Gasteiger partial charge in [0.25, 0.3) is 0 Å². The van der Waals surface area contributed by atoms with E-state index in [1.807, 2.05) is 37.3 Å². The predicted molar refractivity (Wildman–Crippen MR) is 82.6 cm³/mol. The van der Waals surface area contributed by atoms with Crippen molar-refractivity contribution < 1.29 is 13.9 Å². The second kappa shape index (κ2) is 8.37. The lowest BCUT2D eigenvalue weighted by molar-refractivity contribution is 0.267. The molecule has 1 aromatic carbocycles. The zero-order chi connectivity index (χ0) is 14.9. The van der Waals surface area contributed by atoms with E-state index >= 15 is 0 Å². The first kappa shape index (κ1) is 15.4. The fourth-order valence-electron chi connectivity index (χ4n) is 2.03. The van der Waals surface area contributed by atoms with E-state index < -0.39 is 0 Å². The van der Waals surface area contributed by atoms with E-state index in [1.165, 1.54) is 0 Å². The van der Waals surface area contributed by atoms with Crippen molar-refractivity contribution in [2.75, 3.05) is 13.2 Å². The van der Waals surface area contributed by atoms with Gasteiger partial charge in [-0.05, 0) is 38.1 Å². The normalized spacial score (nSPS) is 10.6. The number of hydrogen-bond donors (Lipinski definition) is 1. The fourth-order valence-corrected chi connectivity index (χ4v) is 2.03. The van der Waals surface area contributed by atoms with E-state index in [2.05, 4.69) is 12.2 Å². The van der Waals surface area contributed by atoms with Gasteiger partial charge < -0.3 is 19.2 Å². The molecule has 4 nitrogen and oxygen atoms in total. The molecule has 0 saturated carbocycles. The van der Waals surface area contributed by atoms with Crippen LogP contribution >= 0.6 is 0 Å². The van der Waals surface area contributed by atoms with Gasteiger partial charge in [0.15, 0.2) is 11.5 Å². The molecule has 2 aromatic rings. The van der Waals surface area contributed by atoms with Gasteiger partial charge in [0, 0.05) is 5.56 Å². The van der Waals surface area contributed by atoms with Gasteiger partial charge >= 0.3 is 0 Å². The van der Waals surface area contributed by atoms with Gasteiger partial charge in [0.1, 0.15) is 12.4 Å². The van der Waals surface area contributed by atoms with Crippen molar-refractivity contribution in [2.45, 2.75) is 33.4 Å². The molecule has 0 saturated heterocycles. The van der Waals surface area contributed by atoms with Gasteiger partial charge in [-0.1, -0.05) is 19.1 Å². The van der Waals surface area contributed by atoms with Gasteiger partial charge in [-0.3, -0.25) is 0 Å². The second-order valence-electron chi connectivity index (χ2n) is 4.71. The molecule has 0 spiro atoms. The Balaban J connectivity index is 1.95. The average molecular weight is 289 g/mol. The molecule has 0 radical (unpaired) electrons. The van der Waals surface area contributed by atoms with Crippen LogP contribution in [0.25, 0.3) is 0 Å². The van der Waals surface area contributed by atoms with E-state index in [1.54, 1.807) is 6.26 Å². The third-order valence-electron chi connectivity index (χ3n) is 3.08. The Morgan fingerprint density at radius 1 is 1.05 bits per heavy atom. The first-order valence-corrected chi connectivity index (χ1v) is 7.45. The zero-order valence-corrected chi connectivity index (χ0v) is 12.7. The molecule has 0 aliphatic carbocycles. The summed E-state index contributed by atoms with van der Waals surface area (Å²) in [5.74, 6) is 2.46. The Morgan fingerprint density at radius 2 is 1.81 bits per heavy atom. The molecule has 0 amide bonds. The molecular formula is C17H23NO3. The summed E-state index contributed by atoms with van der Waals surface area (Å²) in [4.78, 5) is 0. The summed E-state index contributed by atoms with van der Waals surface area (Å²) in [6.07, 6.45) is 2.81. The van der Waals surface area contributed by atoms with Crippen molar-refractivity contribution in [2.24, 2.45) is 0 Å². The Labute approximate surface area is 126 Å². The maximum Gasteiger partial charge on any atom is 0.161 e. The van der Waals surface area contributed by atoms with Gasteiger partial charge in [-0.25, -0.2) is 0 Å². The number of rotatable bonds is 9. The third-order valence-corrected chi connectivity index (χ3v) is 3.08. The van der Waals surface area contributed by atoms with Crippen molar-refractivity contribution in [3.05, 3.63) is 47.9 Å². The quantitative estimate of drug-likeness (QED) is 0.714. The van der Waals surface area contributed by atoms with Crippen LogP contribution in [0.3, 0.4) is 0 Å². The molecule has 0 aliphatic rings. The lowest BCUT2D eigenvalue weighted by Crippen LogP contribution is -2.14. The molecule has 1 aromatic heterocycles. The van der Waals surface area contributed by atoms with Crippen molar-refractivity contribution >= 4 is 0 Å². The maximum absolute atomic E-state index is 5.87. The van der Waals surface area contributed by atoms with Crippen LogP contribution in [-0.4, -0.2) is 13.2 Å². The highest BCUT2D eigenvalue weighted by atomic mass is 16.5. The van der Waals surface area contributed by atoms with Crippen molar-refractivity contribution in [1.29, 1.82) is 0 Å². The topological polar surface area (TPSA) is 43.6 Å². The van der Waals surface area contributed by atoms with Crippen molar-refractivity contribution in [1.82, 2.24) is 5.32 Å². The molecule has 0 bridgehead atoms. The number of benzene rings is 1. The van der Waals surface area contributed by atoms with E-state index in [-0.39, 0.29) is 0 Å². The number of ether oxygens (including phenoxy) is 2. The van der Waals surface area contributed by atoms with Crippen LogP contribution < -0.4 is 14.8 Å². The highest BCUT2D eigenvalue weighted by Crippen LogP contribution is 2.27. The molecule has 1 N–H and O–H groups in total. The molecule has 2 rings (SSSR count). The zero-order valence-electron chi connectivity index (χ0n) is 12.7. The number of para-hydroxylation sites is 2. The van der Waals surface area contributed by atoms with Gasteiger partial charge in [0.2, 0.25) is 0 Å². The van der Waals surface area contributed by atoms with E-state index in [4.69, 9.17) is 13.9 Å². The minimum atomic E-state index is 0.476. The van der Waals surface area contributed by atoms with E-state index in [0.29, 0.717) is 13.2 Å². The summed E-state index contributed by atoms with van der Waals surface area (Å²) in [5.41, 5.74) is 1.06. The van der Waals surface area contributed by atoms with Gasteiger partial charge in [-0.15, -0.1) is 0 Å². The maximum atomic E-state index is 5.87. The Bertz CT molecular complexity index is 536. The highest BCUT2D eigenvalue weighted by molar-refractivity contribution is 5.39. The summed E-state index contributed by atoms with van der Waals surface area (Å²) in [7, 11) is 0. The van der Waals surface area contributed by atoms with Crippen LogP contribution in [-0.2, 0) is 13.2 Å². The third kappa shape index (κ3) is 4.53. The van der Waals surface area contributed by atoms with Gasteiger partial charge in [0.05, 0.1) is 19.4 Å². The standard InChI is InChI=1S/C17H23NO3/c1-3-10-18-12-17-14(9-11-20-17)13-21-16-8-6-5-7-15(16)19-4-2/h5-9,11,18H,3-4,10,12-13H2,1-2H3. The number of hydrogen-bond acceptors (Lipinski definition) is 4. The molecule has 1 heterocycles. The lowest BCUT2D eigenvalue weighted by atomic mass is 10.2. The molecule has 0 aliphatic heterocycles. The average Bonchev–Trinajstić information content (AvgIpc) is 2.94. The molecule has 0 unspecified atom stereocenters. The first-order valence-electron chi connectivity index (χ1n) is 7.45. The SMILES string of the molecule is CCCNCc1occc1COc1ccccc1OCC. The molecule has 21 heavy (non-hydrogen) atoms. The molecule has 4 heteroatoms. The number of nitrogens with one attached hydrogen (secondary N) is 1. The largest absolute Gasteiger partial charge is 0.490 e. The van der Waals surface area contributed by atoms with E-state index in [0.717, 1.165) is 42.3 Å². The molecule has 0 fully saturated rings. The van der Waals surface area contributed by atoms with Crippen LogP contribution in [0.4, 0.5) is 0 Å². The fraction of sp³-hybridized carbons (Fsp3) is 0.412. The number of furan rings is 1. The van der Waals surface area contributed by atoms with Crippen LogP contribution in [0.15, 0.2) is 41.0 Å². The van der Waals surface area contributed by atoms with Crippen LogP contribution in [0.1, 0.15) is 31.6 Å². The Morgan fingerprint density at radius 3 is 2.52 bits per heavy atom. The molecular weight excluding hydrogens is 266 g/mol. The molecule has 114 valence electrons. The summed E-state index contributed by atoms with van der Waals surface area (Å²) < 4.78 is 16.9. The van der Waals surface area contributed by atoms with Crippen LogP contribution in [0.5, 0.6) is 11.5 Å². The lowest BCUT2D eigenvalue weighted by Gasteiger charge is -2.11. The summed E-state index contributed by atoms with van der Waals surface area (Å²) in [6.45, 7) is 6.91. The summed E-state index contributed by atoms with van der Waals surface area (Å²) >= 11 is 0. The smallest absolute Gasteiger partial charge is 0.161 e. The monoisotopic (exact) mass is 289 g/mol. The summed E-state index contributed by atoms with van der Waals surface area (Å²) in [5, 5.41) is 3.33.